The van der Waals surface area contributed by atoms with Gasteiger partial charge in [0.2, 0.25) is 0 Å². The van der Waals surface area contributed by atoms with Crippen molar-refractivity contribution in [2.75, 3.05) is 13.3 Å². The first-order valence-electron chi connectivity index (χ1n) is 4.39. The Balaban J connectivity index is 2.90. The fourth-order valence-electron chi connectivity index (χ4n) is 1.16. The van der Waals surface area contributed by atoms with Crippen molar-refractivity contribution < 1.29 is 9.13 Å². The van der Waals surface area contributed by atoms with E-state index in [-0.39, 0.29) is 12.6 Å². The van der Waals surface area contributed by atoms with Gasteiger partial charge in [0.15, 0.2) is 0 Å². The maximum atomic E-state index is 11.9. The Morgan fingerprint density at radius 1 is 1.57 bits per heavy atom. The minimum absolute atomic E-state index is 0.0708. The fraction of sp³-hybridized carbons (Fsp3) is 0.400. The molecule has 0 bridgehead atoms. The van der Waals surface area contributed by atoms with Gasteiger partial charge in [-0.1, -0.05) is 15.9 Å². The molecule has 0 fully saturated rings. The van der Waals surface area contributed by atoms with Crippen molar-refractivity contribution in [2.45, 2.75) is 13.0 Å². The Morgan fingerprint density at radius 2 is 2.29 bits per heavy atom. The van der Waals surface area contributed by atoms with E-state index < -0.39 is 6.67 Å². The lowest BCUT2D eigenvalue weighted by Gasteiger charge is -2.13. The number of nitrogens with two attached hydrogens (primary N) is 1. The lowest BCUT2D eigenvalue weighted by molar-refractivity contribution is 0.270. The van der Waals surface area contributed by atoms with Gasteiger partial charge in [-0.05, 0) is 25.1 Å². The maximum absolute atomic E-state index is 11.9. The van der Waals surface area contributed by atoms with Crippen LogP contribution in [0.2, 0.25) is 0 Å². The molecule has 0 heterocycles. The fourth-order valence-corrected chi connectivity index (χ4v) is 1.53. The van der Waals surface area contributed by atoms with Crippen LogP contribution < -0.4 is 10.5 Å². The van der Waals surface area contributed by atoms with Crippen molar-refractivity contribution in [1.29, 1.82) is 0 Å². The maximum Gasteiger partial charge on any atom is 0.124 e. The van der Waals surface area contributed by atoms with E-state index in [1.54, 1.807) is 6.07 Å². The second-order valence-corrected chi connectivity index (χ2v) is 3.92. The summed E-state index contributed by atoms with van der Waals surface area (Å²) < 4.78 is 18.1. The average Bonchev–Trinajstić information content (AvgIpc) is 2.15. The Labute approximate surface area is 91.4 Å². The summed E-state index contributed by atoms with van der Waals surface area (Å²) in [5, 5.41) is 0. The van der Waals surface area contributed by atoms with Gasteiger partial charge in [0.05, 0.1) is 0 Å². The van der Waals surface area contributed by atoms with Gasteiger partial charge in [-0.25, -0.2) is 4.39 Å². The van der Waals surface area contributed by atoms with Gasteiger partial charge in [0, 0.05) is 16.1 Å². The van der Waals surface area contributed by atoms with E-state index in [1.807, 2.05) is 19.1 Å². The number of hydrogen-bond acceptors (Lipinski definition) is 2. The van der Waals surface area contributed by atoms with Crippen molar-refractivity contribution in [2.24, 2.45) is 5.73 Å². The van der Waals surface area contributed by atoms with Gasteiger partial charge in [0.1, 0.15) is 19.0 Å². The summed E-state index contributed by atoms with van der Waals surface area (Å²) in [7, 11) is 0. The van der Waals surface area contributed by atoms with E-state index >= 15 is 0 Å². The van der Waals surface area contributed by atoms with Crippen molar-refractivity contribution in [3.63, 3.8) is 0 Å². The molecule has 0 radical (unpaired) electrons. The Bertz CT molecular complexity index is 304. The van der Waals surface area contributed by atoms with Crippen molar-refractivity contribution in [3.05, 3.63) is 28.2 Å². The molecule has 0 aliphatic rings. The van der Waals surface area contributed by atoms with Crippen molar-refractivity contribution >= 4 is 15.9 Å². The van der Waals surface area contributed by atoms with Crippen LogP contribution in [0.4, 0.5) is 4.39 Å². The highest BCUT2D eigenvalue weighted by atomic mass is 79.9. The summed E-state index contributed by atoms with van der Waals surface area (Å²) >= 11 is 3.35. The predicted molar refractivity (Wildman–Crippen MR) is 58.2 cm³/mol. The molecule has 1 aromatic carbocycles. The lowest BCUT2D eigenvalue weighted by Crippen LogP contribution is -2.09. The molecular formula is C10H13BrFNO. The molecule has 0 amide bonds. The van der Waals surface area contributed by atoms with E-state index in [0.29, 0.717) is 5.75 Å². The summed E-state index contributed by atoms with van der Waals surface area (Å²) in [4.78, 5) is 0. The van der Waals surface area contributed by atoms with Crippen LogP contribution in [0.1, 0.15) is 18.5 Å². The second kappa shape index (κ2) is 5.32. The lowest BCUT2D eigenvalue weighted by atomic mass is 10.1. The summed E-state index contributed by atoms with van der Waals surface area (Å²) in [6.45, 7) is 1.44. The van der Waals surface area contributed by atoms with Gasteiger partial charge in [0.25, 0.3) is 0 Å². The van der Waals surface area contributed by atoms with Crippen LogP contribution in [0.25, 0.3) is 0 Å². The van der Waals surface area contributed by atoms with E-state index in [4.69, 9.17) is 10.5 Å². The second-order valence-electron chi connectivity index (χ2n) is 3.01. The highest BCUT2D eigenvalue weighted by molar-refractivity contribution is 9.10. The molecule has 78 valence electrons. The average molecular weight is 262 g/mol. The normalized spacial score (nSPS) is 12.6. The first-order valence-corrected chi connectivity index (χ1v) is 5.18. The zero-order chi connectivity index (χ0) is 10.6. The van der Waals surface area contributed by atoms with Crippen molar-refractivity contribution in [3.8, 4) is 5.75 Å². The van der Waals surface area contributed by atoms with Crippen LogP contribution >= 0.6 is 15.9 Å². The summed E-state index contributed by atoms with van der Waals surface area (Å²) in [5.74, 6) is 0.654. The van der Waals surface area contributed by atoms with Crippen LogP contribution in [0.15, 0.2) is 22.7 Å². The van der Waals surface area contributed by atoms with Crippen molar-refractivity contribution in [1.82, 2.24) is 0 Å². The highest BCUT2D eigenvalue weighted by Gasteiger charge is 2.08. The van der Waals surface area contributed by atoms with E-state index in [0.717, 1.165) is 10.0 Å². The zero-order valence-electron chi connectivity index (χ0n) is 7.97. The molecule has 1 aromatic rings. The number of alkyl halides is 1. The molecule has 14 heavy (non-hydrogen) atoms. The molecule has 0 aromatic heterocycles. The van der Waals surface area contributed by atoms with Gasteiger partial charge >= 0.3 is 0 Å². The third kappa shape index (κ3) is 2.96. The molecule has 0 aliphatic carbocycles. The molecule has 1 atom stereocenters. The van der Waals surface area contributed by atoms with Gasteiger partial charge in [-0.15, -0.1) is 0 Å². The molecule has 0 aliphatic heterocycles. The summed E-state index contributed by atoms with van der Waals surface area (Å²) in [5.41, 5.74) is 6.64. The monoisotopic (exact) mass is 261 g/mol. The molecule has 0 saturated carbocycles. The third-order valence-electron chi connectivity index (χ3n) is 1.80. The van der Waals surface area contributed by atoms with Crippen LogP contribution in [0.3, 0.4) is 0 Å². The number of rotatable bonds is 4. The van der Waals surface area contributed by atoms with Gasteiger partial charge in [-0.2, -0.15) is 0 Å². The molecule has 2 N–H and O–H groups in total. The third-order valence-corrected chi connectivity index (χ3v) is 2.29. The van der Waals surface area contributed by atoms with Crippen LogP contribution in [-0.4, -0.2) is 13.3 Å². The SMILES string of the molecule is CC(N)c1cc(Br)ccc1OCCF. The van der Waals surface area contributed by atoms with Gasteiger partial charge in [-0.3, -0.25) is 0 Å². The number of benzene rings is 1. The summed E-state index contributed by atoms with van der Waals surface area (Å²) in [6, 6.07) is 5.40. The largest absolute Gasteiger partial charge is 0.491 e. The van der Waals surface area contributed by atoms with E-state index in [9.17, 15) is 4.39 Å². The molecule has 2 nitrogen and oxygen atoms in total. The van der Waals surface area contributed by atoms with Crippen LogP contribution in [0, 0.1) is 0 Å². The Kier molecular flexibility index (Phi) is 4.35. The highest BCUT2D eigenvalue weighted by Crippen LogP contribution is 2.27. The number of hydrogen-bond donors (Lipinski definition) is 1. The van der Waals surface area contributed by atoms with E-state index in [2.05, 4.69) is 15.9 Å². The molecule has 0 saturated heterocycles. The minimum Gasteiger partial charge on any atom is -0.491 e. The smallest absolute Gasteiger partial charge is 0.124 e. The minimum atomic E-state index is -0.492. The van der Waals surface area contributed by atoms with Crippen LogP contribution in [-0.2, 0) is 0 Å². The van der Waals surface area contributed by atoms with Gasteiger partial charge < -0.3 is 10.5 Å². The molecule has 1 rings (SSSR count). The first-order chi connectivity index (χ1) is 6.65. The zero-order valence-corrected chi connectivity index (χ0v) is 9.55. The first kappa shape index (κ1) is 11.5. The Hall–Kier alpha value is -0.610. The molecule has 4 heteroatoms. The quantitative estimate of drug-likeness (QED) is 0.905. The molecular weight excluding hydrogens is 249 g/mol. The topological polar surface area (TPSA) is 35.2 Å². The number of halogens is 2. The molecule has 1 unspecified atom stereocenters. The van der Waals surface area contributed by atoms with E-state index in [1.165, 1.54) is 0 Å². The molecule has 0 spiro atoms. The number of ether oxygens (including phenoxy) is 1. The Morgan fingerprint density at radius 3 is 2.86 bits per heavy atom. The standard InChI is InChI=1S/C10H13BrFNO/c1-7(13)9-6-8(11)2-3-10(9)14-5-4-12/h2-3,6-7H,4-5,13H2,1H3. The summed E-state index contributed by atoms with van der Waals surface area (Å²) in [6.07, 6.45) is 0. The predicted octanol–water partition coefficient (Wildman–Crippen LogP) is 2.82. The van der Waals surface area contributed by atoms with Crippen LogP contribution in [0.5, 0.6) is 5.75 Å².